The van der Waals surface area contributed by atoms with Crippen LogP contribution in [-0.4, -0.2) is 86.3 Å². The third kappa shape index (κ3) is 13.3. The van der Waals surface area contributed by atoms with Crippen molar-refractivity contribution in [2.45, 2.75) is 115 Å². The second-order valence-corrected chi connectivity index (χ2v) is 18.0. The number of nitrogens with zero attached hydrogens (tertiary/aromatic N) is 1. The van der Waals surface area contributed by atoms with Crippen LogP contribution in [0.25, 0.3) is 0 Å². The van der Waals surface area contributed by atoms with E-state index in [2.05, 4.69) is 16.0 Å². The van der Waals surface area contributed by atoms with E-state index in [-0.39, 0.29) is 23.5 Å². The highest BCUT2D eigenvalue weighted by molar-refractivity contribution is 7.88. The monoisotopic (exact) mass is 766 g/mol. The summed E-state index contributed by atoms with van der Waals surface area (Å²) in [5.74, 6) is -1.01. The predicted molar refractivity (Wildman–Crippen MR) is 211 cm³/mol. The molecule has 1 heterocycles. The molecule has 0 radical (unpaired) electrons. The number of benzene rings is 2. The first-order valence-corrected chi connectivity index (χ1v) is 21.5. The minimum Gasteiger partial charge on any atom is -0.345 e. The first-order valence-electron chi connectivity index (χ1n) is 19.6. The van der Waals surface area contributed by atoms with Gasteiger partial charge < -0.3 is 27.4 Å². The van der Waals surface area contributed by atoms with Crippen LogP contribution in [0, 0.1) is 17.3 Å². The highest BCUT2D eigenvalue weighted by Crippen LogP contribution is 2.54. The Morgan fingerprint density at radius 2 is 1.33 bits per heavy atom. The Kier molecular flexibility index (Phi) is 16.2. The summed E-state index contributed by atoms with van der Waals surface area (Å²) in [6.07, 6.45) is 8.66. The van der Waals surface area contributed by atoms with E-state index < -0.39 is 51.9 Å². The summed E-state index contributed by atoms with van der Waals surface area (Å²) < 4.78 is 25.5. The van der Waals surface area contributed by atoms with E-state index in [4.69, 9.17) is 11.5 Å². The van der Waals surface area contributed by atoms with Crippen molar-refractivity contribution in [3.63, 3.8) is 0 Å². The third-order valence-corrected chi connectivity index (χ3v) is 12.3. The smallest absolute Gasteiger partial charge is 0.243 e. The van der Waals surface area contributed by atoms with Crippen LogP contribution < -0.4 is 27.4 Å². The van der Waals surface area contributed by atoms with E-state index in [1.807, 2.05) is 74.5 Å². The van der Waals surface area contributed by atoms with Gasteiger partial charge in [0.25, 0.3) is 0 Å². The average Bonchev–Trinajstić information content (AvgIpc) is 3.12. The number of amides is 3. The van der Waals surface area contributed by atoms with Crippen molar-refractivity contribution in [3.05, 3.63) is 71.8 Å². The Hall–Kier alpha value is -3.65. The number of rotatable bonds is 21. The molecule has 54 heavy (non-hydrogen) atoms. The molecule has 2 fully saturated rings. The van der Waals surface area contributed by atoms with E-state index >= 15 is 0 Å². The van der Waals surface area contributed by atoms with Crippen molar-refractivity contribution in [1.29, 1.82) is 0 Å². The van der Waals surface area contributed by atoms with E-state index in [1.165, 1.54) is 6.26 Å². The standard InChI is InChI=1S/C41H62N6O6S/c1-29(2)24-35(46-40(51)36(26-31-14-8-5-9-15-31)45-38(49)33(43)25-30-12-6-4-7-13-30)39(50)44-34(16-10-11-21-42)37(48)18-17-32-27-41(28-32)19-22-47(23-20-41)54(3,52)53/h4-9,12-15,29,32-36H,10-11,16-28,42-43H2,1-3H3,(H,44,50)(H,45,49)(H,46,51)/t33-,34-,35-,36-/m1/s1. The third-order valence-electron chi connectivity index (χ3n) is 11.0. The lowest BCUT2D eigenvalue weighted by Gasteiger charge is -2.52. The Balaban J connectivity index is 1.39. The van der Waals surface area contributed by atoms with Crippen LogP contribution in [0.1, 0.15) is 89.2 Å². The van der Waals surface area contributed by atoms with Gasteiger partial charge in [-0.1, -0.05) is 74.5 Å². The van der Waals surface area contributed by atoms with Gasteiger partial charge in [-0.3, -0.25) is 19.2 Å². The largest absolute Gasteiger partial charge is 0.345 e. The van der Waals surface area contributed by atoms with E-state index in [9.17, 15) is 27.6 Å². The number of nitrogens with two attached hydrogens (primary N) is 2. The van der Waals surface area contributed by atoms with Crippen molar-refractivity contribution in [3.8, 4) is 0 Å². The molecule has 2 aliphatic rings. The molecule has 0 aromatic heterocycles. The number of sulfonamides is 1. The fourth-order valence-corrected chi connectivity index (χ4v) is 8.79. The average molecular weight is 767 g/mol. The second-order valence-electron chi connectivity index (χ2n) is 16.0. The summed E-state index contributed by atoms with van der Waals surface area (Å²) >= 11 is 0. The predicted octanol–water partition coefficient (Wildman–Crippen LogP) is 3.23. The lowest BCUT2D eigenvalue weighted by Crippen LogP contribution is -2.58. The zero-order chi connectivity index (χ0) is 39.3. The lowest BCUT2D eigenvalue weighted by molar-refractivity contribution is -0.134. The lowest BCUT2D eigenvalue weighted by atomic mass is 9.57. The molecular formula is C41H62N6O6S. The van der Waals surface area contributed by atoms with Crippen LogP contribution in [0.2, 0.25) is 0 Å². The molecule has 0 unspecified atom stereocenters. The normalized spacial score (nSPS) is 18.3. The van der Waals surface area contributed by atoms with Gasteiger partial charge in [-0.25, -0.2) is 12.7 Å². The maximum absolute atomic E-state index is 13.9. The molecule has 1 spiro atoms. The van der Waals surface area contributed by atoms with Crippen LogP contribution in [0.4, 0.5) is 0 Å². The number of unbranched alkanes of at least 4 members (excludes halogenated alkanes) is 1. The maximum Gasteiger partial charge on any atom is 0.243 e. The number of piperidine rings is 1. The molecule has 12 nitrogen and oxygen atoms in total. The van der Waals surface area contributed by atoms with Gasteiger partial charge in [0.2, 0.25) is 27.7 Å². The summed E-state index contributed by atoms with van der Waals surface area (Å²) in [6.45, 7) is 5.49. The Morgan fingerprint density at radius 1 is 0.796 bits per heavy atom. The Bertz CT molecular complexity index is 1620. The molecule has 2 aromatic rings. The van der Waals surface area contributed by atoms with Crippen molar-refractivity contribution < 1.29 is 27.6 Å². The SMILES string of the molecule is CC(C)C[C@@H](NC(=O)[C@@H](Cc1ccccc1)NC(=O)[C@H](N)Cc1ccccc1)C(=O)N[C@H](CCCCN)C(=O)CCC1CC2(CCN(S(C)(=O)=O)CC2)C1. The highest BCUT2D eigenvalue weighted by atomic mass is 32.2. The Labute approximate surface area is 322 Å². The van der Waals surface area contributed by atoms with Crippen molar-refractivity contribution in [1.82, 2.24) is 20.3 Å². The fourth-order valence-electron chi connectivity index (χ4n) is 7.94. The van der Waals surface area contributed by atoms with Gasteiger partial charge >= 0.3 is 0 Å². The molecule has 4 rings (SSSR count). The summed E-state index contributed by atoms with van der Waals surface area (Å²) in [4.78, 5) is 54.8. The molecule has 7 N–H and O–H groups in total. The van der Waals surface area contributed by atoms with Gasteiger partial charge in [-0.15, -0.1) is 0 Å². The van der Waals surface area contributed by atoms with Gasteiger partial charge in [0, 0.05) is 25.9 Å². The summed E-state index contributed by atoms with van der Waals surface area (Å²) in [5.41, 5.74) is 13.9. The number of carbonyl (C=O) groups excluding carboxylic acids is 4. The summed E-state index contributed by atoms with van der Waals surface area (Å²) in [5, 5.41) is 8.73. The second kappa shape index (κ2) is 20.3. The molecular weight excluding hydrogens is 705 g/mol. The van der Waals surface area contributed by atoms with Crippen molar-refractivity contribution in [2.75, 3.05) is 25.9 Å². The Morgan fingerprint density at radius 3 is 1.89 bits per heavy atom. The number of ketones is 1. The van der Waals surface area contributed by atoms with Gasteiger partial charge in [0.05, 0.1) is 18.3 Å². The van der Waals surface area contributed by atoms with Gasteiger partial charge in [0.15, 0.2) is 5.78 Å². The van der Waals surface area contributed by atoms with Crippen LogP contribution in [0.15, 0.2) is 60.7 Å². The molecule has 4 atom stereocenters. The zero-order valence-electron chi connectivity index (χ0n) is 32.3. The number of nitrogens with one attached hydrogen (secondary N) is 3. The van der Waals surface area contributed by atoms with Gasteiger partial charge in [-0.05, 0) is 99.1 Å². The first kappa shape index (κ1) is 43.1. The number of Topliss-reactive ketones (excluding diaryl/α,β-unsaturated/α-hetero) is 1. The van der Waals surface area contributed by atoms with Crippen LogP contribution in [-0.2, 0) is 42.0 Å². The van der Waals surface area contributed by atoms with Crippen molar-refractivity contribution in [2.24, 2.45) is 28.7 Å². The molecule has 3 amide bonds. The molecule has 1 aliphatic heterocycles. The minimum atomic E-state index is -3.18. The zero-order valence-corrected chi connectivity index (χ0v) is 33.1. The highest BCUT2D eigenvalue weighted by Gasteiger charge is 2.46. The van der Waals surface area contributed by atoms with Gasteiger partial charge in [0.1, 0.15) is 12.1 Å². The fraction of sp³-hybridized carbons (Fsp3) is 0.610. The summed E-state index contributed by atoms with van der Waals surface area (Å²) in [6, 6.07) is 15.2. The quantitative estimate of drug-likeness (QED) is 0.120. The van der Waals surface area contributed by atoms with E-state index in [0.29, 0.717) is 64.1 Å². The van der Waals surface area contributed by atoms with Gasteiger partial charge in [-0.2, -0.15) is 0 Å². The summed E-state index contributed by atoms with van der Waals surface area (Å²) in [7, 11) is -3.18. The first-order chi connectivity index (χ1) is 25.7. The molecule has 298 valence electrons. The molecule has 1 saturated carbocycles. The van der Waals surface area contributed by atoms with Crippen molar-refractivity contribution >= 4 is 33.5 Å². The molecule has 1 saturated heterocycles. The van der Waals surface area contributed by atoms with E-state index in [0.717, 1.165) is 43.2 Å². The van der Waals surface area contributed by atoms with E-state index in [1.54, 1.807) is 4.31 Å². The number of carbonyl (C=O) groups is 4. The number of hydrogen-bond donors (Lipinski definition) is 5. The van der Waals surface area contributed by atoms with Crippen LogP contribution in [0.3, 0.4) is 0 Å². The van der Waals surface area contributed by atoms with Crippen LogP contribution in [0.5, 0.6) is 0 Å². The number of hydrogen-bond acceptors (Lipinski definition) is 8. The molecule has 2 aromatic carbocycles. The topological polar surface area (TPSA) is 194 Å². The maximum atomic E-state index is 13.9. The van der Waals surface area contributed by atoms with Crippen LogP contribution >= 0.6 is 0 Å². The minimum absolute atomic E-state index is 0.0375. The molecule has 13 heteroatoms. The molecule has 0 bridgehead atoms. The molecule has 1 aliphatic carbocycles.